The van der Waals surface area contributed by atoms with Crippen molar-refractivity contribution in [1.82, 2.24) is 9.55 Å². The summed E-state index contributed by atoms with van der Waals surface area (Å²) in [7, 11) is 1.49. The summed E-state index contributed by atoms with van der Waals surface area (Å²) in [5.74, 6) is 0.106. The number of nitrogen functional groups attached to an aromatic ring is 1. The van der Waals surface area contributed by atoms with E-state index in [1.54, 1.807) is 13.0 Å². The smallest absolute Gasteiger partial charge is 0.330 e. The number of aryl methyl sites for hydroxylation is 1. The van der Waals surface area contributed by atoms with Gasteiger partial charge in [0.15, 0.2) is 11.8 Å². The number of benzene rings is 1. The Kier molecular flexibility index (Phi) is 7.82. The SMILES string of the molecule is COCCN(C(=O)[C@@H](C)Oc1cccc(C)c1)c1c(N)n(CC(C)C)c(=O)[nH]c1=O. The van der Waals surface area contributed by atoms with E-state index >= 15 is 0 Å². The Hall–Kier alpha value is -3.07. The van der Waals surface area contributed by atoms with Crippen LogP contribution in [0.1, 0.15) is 26.3 Å². The number of aromatic amines is 1. The number of aromatic nitrogens is 2. The van der Waals surface area contributed by atoms with Crippen molar-refractivity contribution in [3.05, 3.63) is 50.7 Å². The van der Waals surface area contributed by atoms with Gasteiger partial charge in [0.1, 0.15) is 11.6 Å². The van der Waals surface area contributed by atoms with Gasteiger partial charge in [0, 0.05) is 20.2 Å². The number of ether oxygens (including phenoxy) is 2. The first-order valence-corrected chi connectivity index (χ1v) is 9.82. The quantitative estimate of drug-likeness (QED) is 0.637. The average Bonchev–Trinajstić information content (AvgIpc) is 2.66. The fourth-order valence-electron chi connectivity index (χ4n) is 3.06. The van der Waals surface area contributed by atoms with Crippen molar-refractivity contribution in [2.24, 2.45) is 5.92 Å². The first-order chi connectivity index (χ1) is 14.1. The molecule has 30 heavy (non-hydrogen) atoms. The van der Waals surface area contributed by atoms with Crippen LogP contribution in [0.5, 0.6) is 5.75 Å². The number of H-pyrrole nitrogens is 1. The molecule has 9 nitrogen and oxygen atoms in total. The molecular weight excluding hydrogens is 388 g/mol. The Morgan fingerprint density at radius 2 is 1.97 bits per heavy atom. The second-order valence-electron chi connectivity index (χ2n) is 7.56. The maximum Gasteiger partial charge on any atom is 0.330 e. The van der Waals surface area contributed by atoms with Gasteiger partial charge in [0.25, 0.3) is 11.5 Å². The van der Waals surface area contributed by atoms with Crippen molar-refractivity contribution in [3.8, 4) is 5.75 Å². The molecule has 2 aromatic rings. The number of hydrogen-bond acceptors (Lipinski definition) is 6. The van der Waals surface area contributed by atoms with E-state index in [1.807, 2.05) is 39.0 Å². The number of nitrogens with zero attached hydrogens (tertiary/aromatic N) is 2. The van der Waals surface area contributed by atoms with Crippen LogP contribution in [0.3, 0.4) is 0 Å². The second kappa shape index (κ2) is 10.1. The highest BCUT2D eigenvalue weighted by atomic mass is 16.5. The van der Waals surface area contributed by atoms with Gasteiger partial charge in [-0.25, -0.2) is 4.79 Å². The lowest BCUT2D eigenvalue weighted by molar-refractivity contribution is -0.124. The van der Waals surface area contributed by atoms with Crippen molar-refractivity contribution in [2.75, 3.05) is 30.9 Å². The number of anilines is 2. The number of nitrogens with one attached hydrogen (secondary N) is 1. The Morgan fingerprint density at radius 3 is 2.57 bits per heavy atom. The number of rotatable bonds is 9. The van der Waals surface area contributed by atoms with E-state index < -0.39 is 23.3 Å². The minimum atomic E-state index is -0.895. The number of nitrogens with two attached hydrogens (primary N) is 1. The molecule has 0 spiro atoms. The number of amides is 1. The summed E-state index contributed by atoms with van der Waals surface area (Å²) in [6.07, 6.45) is -0.895. The van der Waals surface area contributed by atoms with E-state index in [9.17, 15) is 14.4 Å². The highest BCUT2D eigenvalue weighted by molar-refractivity contribution is 5.98. The molecule has 0 saturated carbocycles. The summed E-state index contributed by atoms with van der Waals surface area (Å²) in [4.78, 5) is 41.5. The van der Waals surface area contributed by atoms with Gasteiger partial charge in [-0.3, -0.25) is 24.0 Å². The number of carbonyl (C=O) groups is 1. The molecule has 0 aliphatic rings. The van der Waals surface area contributed by atoms with Gasteiger partial charge in [0.2, 0.25) is 0 Å². The topological polar surface area (TPSA) is 120 Å². The van der Waals surface area contributed by atoms with E-state index in [0.717, 1.165) is 5.56 Å². The van der Waals surface area contributed by atoms with Gasteiger partial charge >= 0.3 is 5.69 Å². The van der Waals surface area contributed by atoms with Crippen molar-refractivity contribution < 1.29 is 14.3 Å². The Morgan fingerprint density at radius 1 is 1.27 bits per heavy atom. The molecule has 1 heterocycles. The molecule has 0 aliphatic carbocycles. The zero-order valence-electron chi connectivity index (χ0n) is 18.1. The van der Waals surface area contributed by atoms with Crippen LogP contribution in [0.25, 0.3) is 0 Å². The predicted molar refractivity (Wildman–Crippen MR) is 116 cm³/mol. The summed E-state index contributed by atoms with van der Waals surface area (Å²) < 4.78 is 12.1. The molecule has 1 aromatic heterocycles. The number of hydrogen-bond donors (Lipinski definition) is 2. The molecule has 0 bridgehead atoms. The van der Waals surface area contributed by atoms with E-state index in [1.165, 1.54) is 16.6 Å². The van der Waals surface area contributed by atoms with Crippen molar-refractivity contribution in [1.29, 1.82) is 0 Å². The van der Waals surface area contributed by atoms with Crippen LogP contribution in [-0.4, -0.2) is 41.8 Å². The minimum Gasteiger partial charge on any atom is -0.481 e. The molecule has 0 unspecified atom stereocenters. The van der Waals surface area contributed by atoms with Gasteiger partial charge in [-0.2, -0.15) is 0 Å². The molecule has 0 saturated heterocycles. The zero-order chi connectivity index (χ0) is 22.4. The highest BCUT2D eigenvalue weighted by Gasteiger charge is 2.28. The molecule has 9 heteroatoms. The van der Waals surface area contributed by atoms with Crippen LogP contribution in [0.15, 0.2) is 33.9 Å². The Labute approximate surface area is 175 Å². The third kappa shape index (κ3) is 5.50. The third-order valence-electron chi connectivity index (χ3n) is 4.47. The number of carbonyl (C=O) groups excluding carboxylic acids is 1. The van der Waals surface area contributed by atoms with Crippen molar-refractivity contribution >= 4 is 17.4 Å². The fraction of sp³-hybridized carbons (Fsp3) is 0.476. The monoisotopic (exact) mass is 418 g/mol. The summed E-state index contributed by atoms with van der Waals surface area (Å²) in [5, 5.41) is 0. The minimum absolute atomic E-state index is 0.0651. The molecular formula is C21H30N4O5. The van der Waals surface area contributed by atoms with Gasteiger partial charge in [-0.1, -0.05) is 26.0 Å². The molecule has 0 fully saturated rings. The first-order valence-electron chi connectivity index (χ1n) is 9.82. The van der Waals surface area contributed by atoms with Crippen LogP contribution in [0, 0.1) is 12.8 Å². The maximum absolute atomic E-state index is 13.2. The highest BCUT2D eigenvalue weighted by Crippen LogP contribution is 2.21. The third-order valence-corrected chi connectivity index (χ3v) is 4.47. The lowest BCUT2D eigenvalue weighted by atomic mass is 10.2. The summed E-state index contributed by atoms with van der Waals surface area (Å²) in [6, 6.07) is 7.31. The molecule has 1 atom stereocenters. The maximum atomic E-state index is 13.2. The fourth-order valence-corrected chi connectivity index (χ4v) is 3.06. The van der Waals surface area contributed by atoms with E-state index in [0.29, 0.717) is 12.3 Å². The molecule has 0 aliphatic heterocycles. The summed E-state index contributed by atoms with van der Waals surface area (Å²) in [6.45, 7) is 7.90. The van der Waals surface area contributed by atoms with Crippen LogP contribution in [-0.2, 0) is 16.1 Å². The average molecular weight is 418 g/mol. The van der Waals surface area contributed by atoms with Gasteiger partial charge in [0.05, 0.1) is 6.61 Å². The molecule has 0 radical (unpaired) electrons. The van der Waals surface area contributed by atoms with Crippen molar-refractivity contribution in [2.45, 2.75) is 40.3 Å². The van der Waals surface area contributed by atoms with Crippen LogP contribution in [0.2, 0.25) is 0 Å². The molecule has 2 rings (SSSR count). The first kappa shape index (κ1) is 23.2. The van der Waals surface area contributed by atoms with Crippen LogP contribution >= 0.6 is 0 Å². The molecule has 3 N–H and O–H groups in total. The van der Waals surface area contributed by atoms with Gasteiger partial charge < -0.3 is 15.2 Å². The number of methoxy groups -OCH3 is 1. The summed E-state index contributed by atoms with van der Waals surface area (Å²) >= 11 is 0. The van der Waals surface area contributed by atoms with E-state index in [-0.39, 0.29) is 30.6 Å². The van der Waals surface area contributed by atoms with Gasteiger partial charge in [-0.05, 0) is 37.5 Å². The van der Waals surface area contributed by atoms with E-state index in [2.05, 4.69) is 4.98 Å². The largest absolute Gasteiger partial charge is 0.481 e. The predicted octanol–water partition coefficient (Wildman–Crippen LogP) is 1.53. The second-order valence-corrected chi connectivity index (χ2v) is 7.56. The lowest BCUT2D eigenvalue weighted by Crippen LogP contribution is -2.47. The van der Waals surface area contributed by atoms with Crippen LogP contribution in [0.4, 0.5) is 11.5 Å². The lowest BCUT2D eigenvalue weighted by Gasteiger charge is -2.27. The van der Waals surface area contributed by atoms with Crippen molar-refractivity contribution in [3.63, 3.8) is 0 Å². The van der Waals surface area contributed by atoms with E-state index in [4.69, 9.17) is 15.2 Å². The van der Waals surface area contributed by atoms with Gasteiger partial charge in [-0.15, -0.1) is 0 Å². The normalized spacial score (nSPS) is 12.1. The standard InChI is InChI=1S/C21H30N4O5/c1-13(2)12-25-18(22)17(19(26)23-21(25)28)24(9-10-29-5)20(27)15(4)30-16-8-6-7-14(3)11-16/h6-8,11,13,15H,9-10,12,22H2,1-5H3,(H,23,26,28)/t15-/m1/s1. The Balaban J connectivity index is 2.45. The van der Waals surface area contributed by atoms with Crippen LogP contribution < -0.4 is 26.6 Å². The zero-order valence-corrected chi connectivity index (χ0v) is 18.1. The molecule has 1 aromatic carbocycles. The summed E-state index contributed by atoms with van der Waals surface area (Å²) in [5.41, 5.74) is 5.74. The molecule has 164 valence electrons. The molecule has 1 amide bonds. The Bertz CT molecular complexity index is 996.